The predicted molar refractivity (Wildman–Crippen MR) is 91.1 cm³/mol. The molecule has 0 spiro atoms. The summed E-state index contributed by atoms with van der Waals surface area (Å²) in [7, 11) is 0. The summed E-state index contributed by atoms with van der Waals surface area (Å²) >= 11 is 0. The van der Waals surface area contributed by atoms with Crippen molar-refractivity contribution in [1.82, 2.24) is 0 Å². The van der Waals surface area contributed by atoms with Gasteiger partial charge in [-0.2, -0.15) is 0 Å². The molecule has 3 heteroatoms. The van der Waals surface area contributed by atoms with E-state index in [1.807, 2.05) is 66.7 Å². The summed E-state index contributed by atoms with van der Waals surface area (Å²) < 4.78 is 5.62. The van der Waals surface area contributed by atoms with Crippen LogP contribution in [0.25, 0.3) is 5.57 Å². The molecule has 1 fully saturated rings. The molecule has 0 aromatic heterocycles. The summed E-state index contributed by atoms with van der Waals surface area (Å²) in [6.07, 6.45) is 1.63. The molecular weight excluding hydrogens is 300 g/mol. The first-order valence-corrected chi connectivity index (χ1v) is 8.20. The molecule has 0 radical (unpaired) electrons. The molecule has 4 atom stereocenters. The van der Waals surface area contributed by atoms with Crippen LogP contribution in [-0.2, 0) is 14.3 Å². The van der Waals surface area contributed by atoms with E-state index in [-0.39, 0.29) is 23.6 Å². The van der Waals surface area contributed by atoms with Crippen molar-refractivity contribution in [3.63, 3.8) is 0 Å². The molecule has 24 heavy (non-hydrogen) atoms. The Morgan fingerprint density at radius 3 is 2.21 bits per heavy atom. The number of esters is 1. The number of ether oxygens (including phenoxy) is 1. The predicted octanol–water partition coefficient (Wildman–Crippen LogP) is 3.61. The zero-order valence-electron chi connectivity index (χ0n) is 13.4. The number of hydrogen-bond acceptors (Lipinski definition) is 3. The fourth-order valence-electron chi connectivity index (χ4n) is 4.04. The second-order valence-electron chi connectivity index (χ2n) is 6.44. The first kappa shape index (κ1) is 14.9. The minimum absolute atomic E-state index is 0.0389. The maximum Gasteiger partial charge on any atom is 0.314 e. The van der Waals surface area contributed by atoms with E-state index in [4.69, 9.17) is 4.74 Å². The monoisotopic (exact) mass is 318 g/mol. The first-order chi connectivity index (χ1) is 11.7. The summed E-state index contributed by atoms with van der Waals surface area (Å²) in [5, 5.41) is 0. The van der Waals surface area contributed by atoms with Crippen LogP contribution in [0.15, 0.2) is 66.7 Å². The van der Waals surface area contributed by atoms with Crippen LogP contribution in [0.3, 0.4) is 0 Å². The Kier molecular flexibility index (Phi) is 3.57. The van der Waals surface area contributed by atoms with E-state index in [0.717, 1.165) is 16.7 Å². The summed E-state index contributed by atoms with van der Waals surface area (Å²) in [4.78, 5) is 25.0. The van der Waals surface area contributed by atoms with Gasteiger partial charge in [0.2, 0.25) is 0 Å². The van der Waals surface area contributed by atoms with Crippen LogP contribution < -0.4 is 0 Å². The standard InChI is InChI=1S/C21H18O3/c1-13(22)18-19(15-10-6-3-7-11-15)17-12-16(20(18)21(23)24-17)14-8-4-2-5-9-14/h2-12,17-20H,1H3. The Balaban J connectivity index is 1.85. The molecule has 5 rings (SSSR count). The topological polar surface area (TPSA) is 43.4 Å². The van der Waals surface area contributed by atoms with E-state index in [9.17, 15) is 9.59 Å². The Hall–Kier alpha value is -2.68. The van der Waals surface area contributed by atoms with E-state index < -0.39 is 12.0 Å². The summed E-state index contributed by atoms with van der Waals surface area (Å²) in [6, 6.07) is 19.7. The average molecular weight is 318 g/mol. The van der Waals surface area contributed by atoms with Gasteiger partial charge in [0.1, 0.15) is 11.9 Å². The molecule has 2 aromatic rings. The number of carbonyl (C=O) groups excluding carboxylic acids is 2. The number of rotatable bonds is 3. The largest absolute Gasteiger partial charge is 0.457 e. The van der Waals surface area contributed by atoms with Gasteiger partial charge in [0.05, 0.1) is 5.92 Å². The average Bonchev–Trinajstić information content (AvgIpc) is 2.62. The van der Waals surface area contributed by atoms with Crippen molar-refractivity contribution in [3.05, 3.63) is 77.9 Å². The maximum atomic E-state index is 12.5. The number of hydrogen-bond donors (Lipinski definition) is 0. The second-order valence-corrected chi connectivity index (χ2v) is 6.44. The van der Waals surface area contributed by atoms with Crippen LogP contribution in [0, 0.1) is 11.8 Å². The summed E-state index contributed by atoms with van der Waals surface area (Å²) in [6.45, 7) is 1.58. The third-order valence-electron chi connectivity index (χ3n) is 5.05. The highest BCUT2D eigenvalue weighted by Crippen LogP contribution is 2.50. The van der Waals surface area contributed by atoms with Gasteiger partial charge in [-0.05, 0) is 29.7 Å². The maximum absolute atomic E-state index is 12.5. The van der Waals surface area contributed by atoms with Crippen LogP contribution >= 0.6 is 0 Å². The quantitative estimate of drug-likeness (QED) is 0.812. The van der Waals surface area contributed by atoms with Gasteiger partial charge in [0, 0.05) is 11.8 Å². The number of carbonyl (C=O) groups is 2. The van der Waals surface area contributed by atoms with E-state index in [1.165, 1.54) is 0 Å². The molecule has 2 aromatic carbocycles. The highest BCUT2D eigenvalue weighted by Gasteiger charge is 2.53. The van der Waals surface area contributed by atoms with Crippen LogP contribution in [-0.4, -0.2) is 17.9 Å². The number of benzene rings is 2. The molecule has 0 saturated carbocycles. The van der Waals surface area contributed by atoms with Crippen molar-refractivity contribution in [2.75, 3.05) is 0 Å². The van der Waals surface area contributed by atoms with Crippen LogP contribution in [0.2, 0.25) is 0 Å². The SMILES string of the molecule is CC(=O)C1C2C(=O)OC(C=C2c2ccccc2)C1c1ccccc1. The molecule has 3 aliphatic rings. The van der Waals surface area contributed by atoms with Crippen molar-refractivity contribution in [3.8, 4) is 0 Å². The van der Waals surface area contributed by atoms with Gasteiger partial charge in [-0.25, -0.2) is 0 Å². The molecule has 4 unspecified atom stereocenters. The Bertz CT molecular complexity index is 807. The number of fused-ring (bicyclic) bond motifs is 2. The zero-order valence-corrected chi connectivity index (χ0v) is 13.4. The van der Waals surface area contributed by atoms with E-state index >= 15 is 0 Å². The van der Waals surface area contributed by atoms with E-state index in [0.29, 0.717) is 0 Å². The highest BCUT2D eigenvalue weighted by atomic mass is 16.5. The van der Waals surface area contributed by atoms with Crippen molar-refractivity contribution in [2.24, 2.45) is 11.8 Å². The first-order valence-electron chi connectivity index (χ1n) is 8.20. The molecule has 1 saturated heterocycles. The smallest absolute Gasteiger partial charge is 0.314 e. The Morgan fingerprint density at radius 1 is 0.958 bits per heavy atom. The summed E-state index contributed by atoms with van der Waals surface area (Å²) in [5.74, 6) is -1.26. The zero-order chi connectivity index (χ0) is 16.7. The van der Waals surface area contributed by atoms with Crippen LogP contribution in [0.1, 0.15) is 24.0 Å². The number of ketones is 1. The molecule has 2 heterocycles. The van der Waals surface area contributed by atoms with Gasteiger partial charge in [0.15, 0.2) is 0 Å². The van der Waals surface area contributed by atoms with Gasteiger partial charge in [0.25, 0.3) is 0 Å². The fraction of sp³-hybridized carbons (Fsp3) is 0.238. The van der Waals surface area contributed by atoms with E-state index in [1.54, 1.807) is 6.92 Å². The van der Waals surface area contributed by atoms with Crippen LogP contribution in [0.5, 0.6) is 0 Å². The molecular formula is C21H18O3. The molecule has 2 bridgehead atoms. The highest BCUT2D eigenvalue weighted by molar-refractivity contribution is 5.98. The molecule has 120 valence electrons. The Labute approximate surface area is 141 Å². The Morgan fingerprint density at radius 2 is 1.58 bits per heavy atom. The van der Waals surface area contributed by atoms with Gasteiger partial charge in [-0.15, -0.1) is 0 Å². The van der Waals surface area contributed by atoms with Crippen molar-refractivity contribution < 1.29 is 14.3 Å². The normalized spacial score (nSPS) is 28.2. The minimum atomic E-state index is -0.528. The number of Topliss-reactive ketones (excluding diaryl/α,β-unsaturated/α-hetero) is 1. The van der Waals surface area contributed by atoms with Crippen LogP contribution in [0.4, 0.5) is 0 Å². The van der Waals surface area contributed by atoms with Gasteiger partial charge in [-0.1, -0.05) is 60.7 Å². The summed E-state index contributed by atoms with van der Waals surface area (Å²) in [5.41, 5.74) is 2.95. The van der Waals surface area contributed by atoms with Gasteiger partial charge in [-0.3, -0.25) is 9.59 Å². The molecule has 2 aliphatic heterocycles. The minimum Gasteiger partial charge on any atom is -0.457 e. The lowest BCUT2D eigenvalue weighted by Gasteiger charge is -2.45. The van der Waals surface area contributed by atoms with Gasteiger partial charge >= 0.3 is 5.97 Å². The molecule has 3 nitrogen and oxygen atoms in total. The lowest BCUT2D eigenvalue weighted by molar-refractivity contribution is -0.165. The fourth-order valence-corrected chi connectivity index (χ4v) is 4.04. The lowest BCUT2D eigenvalue weighted by atomic mass is 9.63. The molecule has 0 amide bonds. The van der Waals surface area contributed by atoms with Crippen molar-refractivity contribution in [2.45, 2.75) is 18.9 Å². The second kappa shape index (κ2) is 5.75. The van der Waals surface area contributed by atoms with Gasteiger partial charge < -0.3 is 4.74 Å². The molecule has 0 N–H and O–H groups in total. The molecule has 1 aliphatic carbocycles. The third kappa shape index (κ3) is 2.28. The van der Waals surface area contributed by atoms with Crippen molar-refractivity contribution >= 4 is 17.3 Å². The van der Waals surface area contributed by atoms with E-state index in [2.05, 4.69) is 0 Å². The third-order valence-corrected chi connectivity index (χ3v) is 5.05. The lowest BCUT2D eigenvalue weighted by Crippen LogP contribution is -2.50. The van der Waals surface area contributed by atoms with Crippen molar-refractivity contribution in [1.29, 1.82) is 0 Å².